The Hall–Kier alpha value is -3.16. The lowest BCUT2D eigenvalue weighted by atomic mass is 9.75. The molecule has 0 aromatic heterocycles. The van der Waals surface area contributed by atoms with Crippen molar-refractivity contribution in [2.75, 3.05) is 21.3 Å². The molecule has 0 fully saturated rings. The van der Waals surface area contributed by atoms with Crippen LogP contribution in [0.5, 0.6) is 11.5 Å². The summed E-state index contributed by atoms with van der Waals surface area (Å²) in [5, 5.41) is 6.39. The average Bonchev–Trinajstić information content (AvgIpc) is 2.95. The summed E-state index contributed by atoms with van der Waals surface area (Å²) in [6.07, 6.45) is 0.951. The summed E-state index contributed by atoms with van der Waals surface area (Å²) < 4.78 is 10.5. The highest BCUT2D eigenvalue weighted by Gasteiger charge is 2.39. The van der Waals surface area contributed by atoms with Gasteiger partial charge in [0.15, 0.2) is 0 Å². The molecule has 2 atom stereocenters. The molecule has 2 N–H and O–H groups in total. The molecule has 3 rings (SSSR count). The maximum absolute atomic E-state index is 14.1. The number of carbonyl (C=O) groups excluding carboxylic acids is 2. The van der Waals surface area contributed by atoms with Crippen molar-refractivity contribution in [2.24, 2.45) is 5.92 Å². The SMILES string of the molecule is CNC(=O)[C@H](Cc1ccc(OC)cc1)NC(=O)C(C)(CC(C)C)c1ccc(Cl)cc1SCc1ccc(OC)cc1. The largest absolute Gasteiger partial charge is 0.497 e. The third-order valence-corrected chi connectivity index (χ3v) is 8.24. The molecule has 8 heteroatoms. The van der Waals surface area contributed by atoms with Crippen LogP contribution in [0.2, 0.25) is 5.02 Å². The standard InChI is InChI=1S/C32H39ClN2O4S/c1-21(2)19-32(3,31(37)35-28(30(36)34-4)17-22-7-12-25(38-5)13-8-22)27-16-11-24(33)18-29(27)40-20-23-9-14-26(39-6)15-10-23/h7-16,18,21,28H,17,19-20H2,1-6H3,(H,34,36)(H,35,37)/t28-,32?/m0/s1. The minimum atomic E-state index is -0.896. The molecule has 0 aliphatic carbocycles. The zero-order valence-corrected chi connectivity index (χ0v) is 25.6. The van der Waals surface area contributed by atoms with E-state index < -0.39 is 11.5 Å². The van der Waals surface area contributed by atoms with Gasteiger partial charge in [-0.15, -0.1) is 11.8 Å². The molecule has 214 valence electrons. The zero-order chi connectivity index (χ0) is 29.3. The molecule has 0 saturated carbocycles. The van der Waals surface area contributed by atoms with E-state index in [-0.39, 0.29) is 17.7 Å². The fourth-order valence-corrected chi connectivity index (χ4v) is 6.20. The molecule has 3 aromatic rings. The van der Waals surface area contributed by atoms with E-state index in [0.29, 0.717) is 23.6 Å². The molecule has 0 aliphatic rings. The summed E-state index contributed by atoms with van der Waals surface area (Å²) in [6, 6.07) is 20.4. The van der Waals surface area contributed by atoms with E-state index in [0.717, 1.165) is 33.1 Å². The first-order valence-corrected chi connectivity index (χ1v) is 14.7. The van der Waals surface area contributed by atoms with Crippen LogP contribution in [0, 0.1) is 5.92 Å². The fourth-order valence-electron chi connectivity index (χ4n) is 4.79. The van der Waals surface area contributed by atoms with Gasteiger partial charge in [-0.2, -0.15) is 0 Å². The van der Waals surface area contributed by atoms with Crippen LogP contribution in [-0.4, -0.2) is 39.1 Å². The summed E-state index contributed by atoms with van der Waals surface area (Å²) in [4.78, 5) is 28.0. The van der Waals surface area contributed by atoms with E-state index in [4.69, 9.17) is 21.1 Å². The molecule has 0 bridgehead atoms. The molecule has 0 radical (unpaired) electrons. The maximum Gasteiger partial charge on any atom is 0.242 e. The molecule has 0 spiro atoms. The Bertz CT molecular complexity index is 1280. The summed E-state index contributed by atoms with van der Waals surface area (Å²) >= 11 is 8.08. The van der Waals surface area contributed by atoms with E-state index in [1.807, 2.05) is 73.7 Å². The Labute approximate surface area is 247 Å². The van der Waals surface area contributed by atoms with Gasteiger partial charge in [0.1, 0.15) is 17.5 Å². The van der Waals surface area contributed by atoms with Crippen molar-refractivity contribution in [3.8, 4) is 11.5 Å². The number of nitrogens with one attached hydrogen (secondary N) is 2. The van der Waals surface area contributed by atoms with Crippen LogP contribution in [0.3, 0.4) is 0 Å². The number of ether oxygens (including phenoxy) is 2. The van der Waals surface area contributed by atoms with Crippen LogP contribution in [0.25, 0.3) is 0 Å². The van der Waals surface area contributed by atoms with Crippen molar-refractivity contribution in [1.82, 2.24) is 10.6 Å². The van der Waals surface area contributed by atoms with Gasteiger partial charge >= 0.3 is 0 Å². The van der Waals surface area contributed by atoms with Crippen LogP contribution in [0.15, 0.2) is 71.6 Å². The number of methoxy groups -OCH3 is 2. The first-order valence-electron chi connectivity index (χ1n) is 13.3. The lowest BCUT2D eigenvalue weighted by Gasteiger charge is -2.34. The van der Waals surface area contributed by atoms with Crippen molar-refractivity contribution < 1.29 is 19.1 Å². The molecule has 40 heavy (non-hydrogen) atoms. The van der Waals surface area contributed by atoms with Crippen molar-refractivity contribution in [1.29, 1.82) is 0 Å². The number of hydrogen-bond donors (Lipinski definition) is 2. The normalized spacial score (nSPS) is 13.3. The summed E-state index contributed by atoms with van der Waals surface area (Å²) in [7, 11) is 4.84. The number of amides is 2. The fraction of sp³-hybridized carbons (Fsp3) is 0.375. The number of rotatable bonds is 13. The predicted octanol–water partition coefficient (Wildman–Crippen LogP) is 6.43. The Morgan fingerprint density at radius 3 is 2.02 bits per heavy atom. The lowest BCUT2D eigenvalue weighted by Crippen LogP contribution is -2.53. The molecule has 6 nitrogen and oxygen atoms in total. The number of hydrogen-bond acceptors (Lipinski definition) is 5. The third-order valence-electron chi connectivity index (χ3n) is 6.88. The van der Waals surface area contributed by atoms with Gasteiger partial charge in [-0.3, -0.25) is 9.59 Å². The average molecular weight is 583 g/mol. The molecule has 0 saturated heterocycles. The number of likely N-dealkylation sites (N-methyl/N-ethyl adjacent to an activating group) is 1. The first-order chi connectivity index (χ1) is 19.1. The van der Waals surface area contributed by atoms with Gasteiger partial charge in [-0.05, 0) is 72.4 Å². The zero-order valence-electron chi connectivity index (χ0n) is 24.0. The molecule has 1 unspecified atom stereocenters. The topological polar surface area (TPSA) is 76.7 Å². The van der Waals surface area contributed by atoms with Crippen LogP contribution in [0.1, 0.15) is 43.9 Å². The van der Waals surface area contributed by atoms with Crippen LogP contribution >= 0.6 is 23.4 Å². The van der Waals surface area contributed by atoms with Gasteiger partial charge in [0.05, 0.1) is 19.6 Å². The molecule has 2 amide bonds. The van der Waals surface area contributed by atoms with Crippen LogP contribution < -0.4 is 20.1 Å². The number of halogens is 1. The summed E-state index contributed by atoms with van der Waals surface area (Å²) in [6.45, 7) is 6.15. The van der Waals surface area contributed by atoms with Gasteiger partial charge in [0.25, 0.3) is 0 Å². The van der Waals surface area contributed by atoms with E-state index >= 15 is 0 Å². The summed E-state index contributed by atoms with van der Waals surface area (Å²) in [5.74, 6) is 2.02. The van der Waals surface area contributed by atoms with Gasteiger partial charge in [0.2, 0.25) is 11.8 Å². The van der Waals surface area contributed by atoms with Crippen LogP contribution in [-0.2, 0) is 27.2 Å². The van der Waals surface area contributed by atoms with Gasteiger partial charge in [0, 0.05) is 29.1 Å². The Balaban J connectivity index is 1.92. The highest BCUT2D eigenvalue weighted by molar-refractivity contribution is 7.98. The molecular weight excluding hydrogens is 544 g/mol. The number of thioether (sulfide) groups is 1. The smallest absolute Gasteiger partial charge is 0.242 e. The van der Waals surface area contributed by atoms with Crippen molar-refractivity contribution >= 4 is 35.2 Å². The maximum atomic E-state index is 14.1. The Morgan fingerprint density at radius 2 is 1.50 bits per heavy atom. The van der Waals surface area contributed by atoms with E-state index in [9.17, 15) is 9.59 Å². The molecule has 0 aliphatic heterocycles. The first kappa shape index (κ1) is 31.4. The van der Waals surface area contributed by atoms with E-state index in [1.165, 1.54) is 0 Å². The van der Waals surface area contributed by atoms with E-state index in [2.05, 4.69) is 24.5 Å². The number of carbonyl (C=O) groups is 2. The predicted molar refractivity (Wildman–Crippen MR) is 164 cm³/mol. The van der Waals surface area contributed by atoms with Gasteiger partial charge < -0.3 is 20.1 Å². The van der Waals surface area contributed by atoms with Gasteiger partial charge in [-0.1, -0.05) is 55.8 Å². The quantitative estimate of drug-likeness (QED) is 0.227. The highest BCUT2D eigenvalue weighted by atomic mass is 35.5. The van der Waals surface area contributed by atoms with Crippen LogP contribution in [0.4, 0.5) is 0 Å². The van der Waals surface area contributed by atoms with Crippen molar-refractivity contribution in [2.45, 2.75) is 55.7 Å². The Kier molecular flexibility index (Phi) is 11.3. The van der Waals surface area contributed by atoms with Gasteiger partial charge in [-0.25, -0.2) is 0 Å². The minimum absolute atomic E-state index is 0.197. The second kappa shape index (κ2) is 14.5. The molecule has 3 aromatic carbocycles. The van der Waals surface area contributed by atoms with Crippen molar-refractivity contribution in [3.05, 3.63) is 88.4 Å². The minimum Gasteiger partial charge on any atom is -0.497 e. The second-order valence-corrected chi connectivity index (χ2v) is 11.9. The third kappa shape index (κ3) is 8.18. The molecular formula is C32H39ClN2O4S. The van der Waals surface area contributed by atoms with Crippen molar-refractivity contribution in [3.63, 3.8) is 0 Å². The molecule has 0 heterocycles. The number of benzene rings is 3. The van der Waals surface area contributed by atoms with E-state index in [1.54, 1.807) is 33.0 Å². The summed E-state index contributed by atoms with van der Waals surface area (Å²) in [5.41, 5.74) is 2.04. The lowest BCUT2D eigenvalue weighted by molar-refractivity contribution is -0.132. The Morgan fingerprint density at radius 1 is 0.925 bits per heavy atom. The monoisotopic (exact) mass is 582 g/mol. The highest BCUT2D eigenvalue weighted by Crippen LogP contribution is 2.40. The second-order valence-electron chi connectivity index (χ2n) is 10.4.